The molecule has 1 aromatic carbocycles. The second-order valence-corrected chi connectivity index (χ2v) is 9.21. The van der Waals surface area contributed by atoms with E-state index in [2.05, 4.69) is 0 Å². The van der Waals surface area contributed by atoms with Crippen LogP contribution in [0.3, 0.4) is 0 Å². The molecule has 28 heavy (non-hydrogen) atoms. The van der Waals surface area contributed by atoms with Crippen molar-refractivity contribution in [2.75, 3.05) is 31.1 Å². The number of nitrogens with zero attached hydrogens (tertiary/aromatic N) is 4. The van der Waals surface area contributed by atoms with Crippen LogP contribution in [0.25, 0.3) is 0 Å². The van der Waals surface area contributed by atoms with E-state index < -0.39 is 10.0 Å². The fraction of sp³-hybridized carbons (Fsp3) is 0.474. The van der Waals surface area contributed by atoms with Crippen molar-refractivity contribution in [3.8, 4) is 0 Å². The lowest BCUT2D eigenvalue weighted by Crippen LogP contribution is -2.51. The predicted molar refractivity (Wildman–Crippen MR) is 109 cm³/mol. The number of hydrogen-bond acceptors (Lipinski definition) is 5. The fourth-order valence-electron chi connectivity index (χ4n) is 3.47. The lowest BCUT2D eigenvalue weighted by Gasteiger charge is -2.35. The highest BCUT2D eigenvalue weighted by atomic mass is 32.2. The number of piperazine rings is 1. The molecule has 2 heterocycles. The summed E-state index contributed by atoms with van der Waals surface area (Å²) in [7, 11) is -0.504. The molecule has 0 bridgehead atoms. The quantitative estimate of drug-likeness (QED) is 0.742. The third-order valence-electron chi connectivity index (χ3n) is 5.60. The highest BCUT2D eigenvalue weighted by Gasteiger charge is 2.30. The van der Waals surface area contributed by atoms with E-state index >= 15 is 0 Å². The summed E-state index contributed by atoms with van der Waals surface area (Å²) < 4.78 is 29.9. The van der Waals surface area contributed by atoms with Gasteiger partial charge in [0, 0.05) is 46.0 Å². The fourth-order valence-corrected chi connectivity index (χ4v) is 4.98. The summed E-state index contributed by atoms with van der Waals surface area (Å²) in [5.41, 5.74) is 2.29. The van der Waals surface area contributed by atoms with Crippen LogP contribution in [0.1, 0.15) is 16.8 Å². The molecule has 1 fully saturated rings. The van der Waals surface area contributed by atoms with Gasteiger partial charge in [0.25, 0.3) is 5.56 Å². The molecule has 0 radical (unpaired) electrons. The Morgan fingerprint density at radius 2 is 1.46 bits per heavy atom. The topological polar surface area (TPSA) is 84.6 Å². The maximum Gasteiger partial charge on any atom is 0.330 e. The summed E-state index contributed by atoms with van der Waals surface area (Å²) in [6, 6.07) is 5.15. The Kier molecular flexibility index (Phi) is 5.24. The van der Waals surface area contributed by atoms with Crippen LogP contribution in [-0.2, 0) is 24.1 Å². The van der Waals surface area contributed by atoms with Gasteiger partial charge in [-0.05, 0) is 44.0 Å². The first-order chi connectivity index (χ1) is 13.1. The zero-order valence-corrected chi connectivity index (χ0v) is 17.7. The van der Waals surface area contributed by atoms with Crippen LogP contribution in [-0.4, -0.2) is 48.0 Å². The Bertz CT molecular complexity index is 1140. The Labute approximate surface area is 164 Å². The Morgan fingerprint density at radius 3 is 2.04 bits per heavy atom. The van der Waals surface area contributed by atoms with Gasteiger partial charge in [0.15, 0.2) is 0 Å². The van der Waals surface area contributed by atoms with E-state index in [1.807, 2.05) is 24.8 Å². The highest BCUT2D eigenvalue weighted by molar-refractivity contribution is 7.89. The van der Waals surface area contributed by atoms with Gasteiger partial charge in [-0.3, -0.25) is 13.9 Å². The maximum atomic E-state index is 13.0. The monoisotopic (exact) mass is 406 g/mol. The maximum absolute atomic E-state index is 13.0. The molecule has 0 saturated carbocycles. The van der Waals surface area contributed by atoms with E-state index in [1.54, 1.807) is 26.1 Å². The van der Waals surface area contributed by atoms with Crippen LogP contribution in [0.4, 0.5) is 5.69 Å². The zero-order valence-electron chi connectivity index (χ0n) is 16.9. The first kappa shape index (κ1) is 20.3. The molecule has 1 saturated heterocycles. The molecule has 1 aromatic heterocycles. The van der Waals surface area contributed by atoms with E-state index in [-0.39, 0.29) is 24.3 Å². The number of anilines is 1. The van der Waals surface area contributed by atoms with Crippen LogP contribution in [0.2, 0.25) is 0 Å². The number of sulfonamides is 1. The van der Waals surface area contributed by atoms with E-state index in [9.17, 15) is 18.0 Å². The summed E-state index contributed by atoms with van der Waals surface area (Å²) in [4.78, 5) is 26.8. The number of aryl methyl sites for hydroxylation is 2. The molecule has 3 rings (SSSR count). The Hall–Kier alpha value is -2.39. The van der Waals surface area contributed by atoms with Crippen molar-refractivity contribution in [3.63, 3.8) is 0 Å². The van der Waals surface area contributed by atoms with Gasteiger partial charge in [0.2, 0.25) is 10.0 Å². The van der Waals surface area contributed by atoms with Gasteiger partial charge in [-0.15, -0.1) is 0 Å². The first-order valence-corrected chi connectivity index (χ1v) is 10.6. The minimum atomic E-state index is -3.58. The second-order valence-electron chi connectivity index (χ2n) is 7.28. The van der Waals surface area contributed by atoms with Crippen molar-refractivity contribution in [1.82, 2.24) is 13.4 Å². The Balaban J connectivity index is 1.87. The molecular weight excluding hydrogens is 380 g/mol. The molecule has 0 atom stereocenters. The van der Waals surface area contributed by atoms with Gasteiger partial charge in [0.05, 0.1) is 4.90 Å². The van der Waals surface area contributed by atoms with Gasteiger partial charge in [0.1, 0.15) is 5.69 Å². The van der Waals surface area contributed by atoms with E-state index in [4.69, 9.17) is 0 Å². The van der Waals surface area contributed by atoms with Gasteiger partial charge >= 0.3 is 5.69 Å². The summed E-state index contributed by atoms with van der Waals surface area (Å²) in [5.74, 6) is 0. The number of benzene rings is 1. The standard InChI is InChI=1S/C19H26N4O4S/c1-13-6-7-16(12-14(13)2)28(26,27)23-10-8-22(9-11-23)17-15(3)20(4)19(25)21(5)18(17)24/h6-7,12H,8-11H2,1-5H3. The first-order valence-electron chi connectivity index (χ1n) is 9.14. The lowest BCUT2D eigenvalue weighted by atomic mass is 10.1. The van der Waals surface area contributed by atoms with Gasteiger partial charge < -0.3 is 4.90 Å². The molecule has 1 aliphatic rings. The minimum Gasteiger partial charge on any atom is -0.363 e. The van der Waals surface area contributed by atoms with Gasteiger partial charge in [-0.25, -0.2) is 13.2 Å². The molecule has 0 unspecified atom stereocenters. The molecule has 0 N–H and O–H groups in total. The molecule has 0 aliphatic carbocycles. The highest BCUT2D eigenvalue weighted by Crippen LogP contribution is 2.22. The van der Waals surface area contributed by atoms with Crippen molar-refractivity contribution in [2.45, 2.75) is 25.7 Å². The van der Waals surface area contributed by atoms with Crippen molar-refractivity contribution in [3.05, 3.63) is 55.9 Å². The summed E-state index contributed by atoms with van der Waals surface area (Å²) >= 11 is 0. The van der Waals surface area contributed by atoms with Crippen molar-refractivity contribution in [2.24, 2.45) is 14.1 Å². The Morgan fingerprint density at radius 1 is 0.857 bits per heavy atom. The summed E-state index contributed by atoms with van der Waals surface area (Å²) in [6.45, 7) is 6.90. The van der Waals surface area contributed by atoms with E-state index in [0.29, 0.717) is 29.4 Å². The van der Waals surface area contributed by atoms with E-state index in [0.717, 1.165) is 15.7 Å². The van der Waals surface area contributed by atoms with Crippen LogP contribution < -0.4 is 16.1 Å². The molecule has 152 valence electrons. The molecule has 2 aromatic rings. The van der Waals surface area contributed by atoms with Gasteiger partial charge in [-0.1, -0.05) is 6.07 Å². The SMILES string of the molecule is Cc1ccc(S(=O)(=O)N2CCN(c3c(C)n(C)c(=O)n(C)c3=O)CC2)cc1C. The third kappa shape index (κ3) is 3.29. The van der Waals surface area contributed by atoms with Gasteiger partial charge in [-0.2, -0.15) is 4.31 Å². The molecule has 8 nitrogen and oxygen atoms in total. The largest absolute Gasteiger partial charge is 0.363 e. The second kappa shape index (κ2) is 7.21. The molecule has 1 aliphatic heterocycles. The lowest BCUT2D eigenvalue weighted by molar-refractivity contribution is 0.383. The normalized spacial score (nSPS) is 15.8. The van der Waals surface area contributed by atoms with Crippen LogP contribution in [0.15, 0.2) is 32.7 Å². The molecular formula is C19H26N4O4S. The predicted octanol–water partition coefficient (Wildman–Crippen LogP) is 0.520. The minimum absolute atomic E-state index is 0.278. The summed E-state index contributed by atoms with van der Waals surface area (Å²) in [5, 5.41) is 0. The van der Waals surface area contributed by atoms with Crippen molar-refractivity contribution < 1.29 is 8.42 Å². The summed E-state index contributed by atoms with van der Waals surface area (Å²) in [6.07, 6.45) is 0. The van der Waals surface area contributed by atoms with Crippen molar-refractivity contribution in [1.29, 1.82) is 0 Å². The third-order valence-corrected chi connectivity index (χ3v) is 7.49. The van der Waals surface area contributed by atoms with E-state index in [1.165, 1.54) is 15.9 Å². The molecule has 0 spiro atoms. The van der Waals surface area contributed by atoms with Crippen LogP contribution >= 0.6 is 0 Å². The molecule has 0 amide bonds. The zero-order chi connectivity index (χ0) is 20.8. The number of aromatic nitrogens is 2. The number of hydrogen-bond donors (Lipinski definition) is 0. The van der Waals surface area contributed by atoms with Crippen LogP contribution in [0, 0.1) is 20.8 Å². The number of rotatable bonds is 3. The average Bonchev–Trinajstić information content (AvgIpc) is 2.67. The average molecular weight is 407 g/mol. The molecule has 9 heteroatoms. The smallest absolute Gasteiger partial charge is 0.330 e. The van der Waals surface area contributed by atoms with Crippen molar-refractivity contribution >= 4 is 15.7 Å². The van der Waals surface area contributed by atoms with Crippen LogP contribution in [0.5, 0.6) is 0 Å².